The molecule has 0 N–H and O–H groups in total. The van der Waals surface area contributed by atoms with Crippen LogP contribution >= 0.6 is 15.9 Å². The Morgan fingerprint density at radius 1 is 1.39 bits per heavy atom. The first-order chi connectivity index (χ1) is 8.36. The summed E-state index contributed by atoms with van der Waals surface area (Å²) in [5, 5.41) is 0. The van der Waals surface area contributed by atoms with Crippen LogP contribution in [-0.4, -0.2) is 34.5 Å². The minimum atomic E-state index is -2.37. The van der Waals surface area contributed by atoms with E-state index in [0.29, 0.717) is 6.73 Å². The Kier molecular flexibility index (Phi) is 3.94. The Labute approximate surface area is 119 Å². The van der Waals surface area contributed by atoms with Gasteiger partial charge in [-0.15, -0.1) is 0 Å². The molecule has 0 saturated heterocycles. The quantitative estimate of drug-likeness (QED) is 0.713. The van der Waals surface area contributed by atoms with Crippen LogP contribution in [0.5, 0.6) is 0 Å². The van der Waals surface area contributed by atoms with Gasteiger partial charge in [0.05, 0.1) is 0 Å². The molecule has 18 heavy (non-hydrogen) atoms. The van der Waals surface area contributed by atoms with E-state index in [0.717, 1.165) is 9.99 Å². The molecule has 0 aliphatic carbocycles. The zero-order valence-electron chi connectivity index (χ0n) is 11.0. The van der Waals surface area contributed by atoms with Gasteiger partial charge in [-0.2, -0.15) is 0 Å². The number of halogens is 1. The van der Waals surface area contributed by atoms with Crippen molar-refractivity contribution in [3.8, 4) is 0 Å². The molecule has 2 aromatic rings. The molecule has 0 unspecified atom stereocenters. The Balaban J connectivity index is 2.85. The molecule has 2 heterocycles. The van der Waals surface area contributed by atoms with Gasteiger partial charge in [-0.1, -0.05) is 0 Å². The molecule has 0 amide bonds. The van der Waals surface area contributed by atoms with Gasteiger partial charge in [0.1, 0.15) is 0 Å². The fourth-order valence-electron chi connectivity index (χ4n) is 2.04. The van der Waals surface area contributed by atoms with Crippen molar-refractivity contribution in [2.75, 3.05) is 7.11 Å². The molecule has 2 aromatic heterocycles. The van der Waals surface area contributed by atoms with Crippen LogP contribution in [-0.2, 0) is 11.5 Å². The number of aromatic nitrogens is 2. The van der Waals surface area contributed by atoms with Gasteiger partial charge in [0.2, 0.25) is 0 Å². The molecule has 0 fully saturated rings. The van der Waals surface area contributed by atoms with Gasteiger partial charge in [-0.3, -0.25) is 0 Å². The van der Waals surface area contributed by atoms with Crippen LogP contribution in [0.1, 0.15) is 0 Å². The Morgan fingerprint density at radius 2 is 2.06 bits per heavy atom. The maximum absolute atomic E-state index is 12.5. The molecule has 0 saturated carbocycles. The van der Waals surface area contributed by atoms with Crippen LogP contribution in [0.25, 0.3) is 5.52 Å². The summed E-state index contributed by atoms with van der Waals surface area (Å²) >= 11 is 1.11. The number of hydrogen-bond donors (Lipinski definition) is 0. The van der Waals surface area contributed by atoms with Gasteiger partial charge in [-0.05, 0) is 0 Å². The van der Waals surface area contributed by atoms with Crippen molar-refractivity contribution in [3.05, 3.63) is 33.3 Å². The van der Waals surface area contributed by atoms with E-state index in [4.69, 9.17) is 4.74 Å². The summed E-state index contributed by atoms with van der Waals surface area (Å²) in [6.07, 6.45) is 1.79. The molecular weight excluding hydrogens is 403 g/mol. The number of ether oxygens (including phenoxy) is 1. The van der Waals surface area contributed by atoms with E-state index in [1.54, 1.807) is 22.3 Å². The molecule has 98 valence electrons. The first kappa shape index (κ1) is 14.1. The van der Waals surface area contributed by atoms with Crippen molar-refractivity contribution in [1.82, 2.24) is 8.97 Å². The third-order valence-electron chi connectivity index (χ3n) is 2.90. The van der Waals surface area contributed by atoms with Crippen LogP contribution in [0.3, 0.4) is 0 Å². The third-order valence-corrected chi connectivity index (χ3v) is 9.14. The third kappa shape index (κ3) is 2.40. The maximum atomic E-state index is 12.5. The summed E-state index contributed by atoms with van der Waals surface area (Å²) in [4.78, 5) is 19.3. The monoisotopic (exact) mass is 420 g/mol. The van der Waals surface area contributed by atoms with Crippen LogP contribution in [0.15, 0.2) is 27.6 Å². The second-order valence-electron chi connectivity index (χ2n) is 5.33. The van der Waals surface area contributed by atoms with Crippen molar-refractivity contribution < 1.29 is 4.74 Å². The normalized spacial score (nSPS) is 12.3. The molecule has 0 aliphatic rings. The van der Waals surface area contributed by atoms with Gasteiger partial charge in [0.15, 0.2) is 0 Å². The molecule has 0 aromatic carbocycles. The fraction of sp³-hybridized carbons (Fsp3) is 0.417. The Bertz CT molecular complexity index is 640. The second-order valence-corrected chi connectivity index (χ2v) is 20.5. The number of methoxy groups -OCH3 is 1. The zero-order valence-corrected chi connectivity index (χ0v) is 15.5. The van der Waals surface area contributed by atoms with E-state index < -0.39 is 18.4 Å². The van der Waals surface area contributed by atoms with E-state index in [9.17, 15) is 4.79 Å². The van der Waals surface area contributed by atoms with Gasteiger partial charge in [0, 0.05) is 0 Å². The summed E-state index contributed by atoms with van der Waals surface area (Å²) in [5.41, 5.74) is 0.913. The minimum absolute atomic E-state index is 0.0262. The molecule has 6 heteroatoms. The summed E-state index contributed by atoms with van der Waals surface area (Å²) in [6, 6.07) is 4.02. The predicted octanol–water partition coefficient (Wildman–Crippen LogP) is 2.01. The van der Waals surface area contributed by atoms with Gasteiger partial charge in [-0.25, -0.2) is 0 Å². The van der Waals surface area contributed by atoms with Crippen molar-refractivity contribution in [2.24, 2.45) is 0 Å². The van der Waals surface area contributed by atoms with E-state index >= 15 is 0 Å². The average molecular weight is 420 g/mol. The van der Waals surface area contributed by atoms with Crippen molar-refractivity contribution in [3.63, 3.8) is 0 Å². The van der Waals surface area contributed by atoms with E-state index in [1.807, 2.05) is 6.07 Å². The number of rotatable bonds is 3. The van der Waals surface area contributed by atoms with Gasteiger partial charge < -0.3 is 0 Å². The molecule has 0 radical (unpaired) electrons. The zero-order chi connectivity index (χ0) is 13.5. The second kappa shape index (κ2) is 5.01. The molecule has 2 rings (SSSR count). The number of fused-ring (bicyclic) bond motifs is 1. The van der Waals surface area contributed by atoms with Crippen LogP contribution < -0.4 is 9.40 Å². The van der Waals surface area contributed by atoms with Crippen LogP contribution in [0, 0.1) is 0 Å². The van der Waals surface area contributed by atoms with E-state index in [1.165, 1.54) is 3.71 Å². The summed E-state index contributed by atoms with van der Waals surface area (Å²) in [6.45, 7) is 0.314. The summed E-state index contributed by atoms with van der Waals surface area (Å²) < 4.78 is 10.7. The topological polar surface area (TPSA) is 35.6 Å². The van der Waals surface area contributed by atoms with E-state index in [2.05, 4.69) is 36.8 Å². The van der Waals surface area contributed by atoms with E-state index in [-0.39, 0.29) is 5.69 Å². The standard InChI is InChI=1S/C9H8BrN2O2.3CH3.Sn/c1-14-6-11-4-3-8-7(10)2-5-12(8)9(11)13;;;;/h2-3,5H,6H2,1H3;3*1H3;. The first-order valence-electron chi connectivity index (χ1n) is 5.76. The van der Waals surface area contributed by atoms with Gasteiger partial charge in [0.25, 0.3) is 0 Å². The number of hydrogen-bond acceptors (Lipinski definition) is 2. The van der Waals surface area contributed by atoms with Gasteiger partial charge >= 0.3 is 119 Å². The van der Waals surface area contributed by atoms with Crippen LogP contribution in [0.4, 0.5) is 0 Å². The molecule has 0 atom stereocenters. The van der Waals surface area contributed by atoms with Crippen LogP contribution in [0.2, 0.25) is 14.8 Å². The fourth-order valence-corrected chi connectivity index (χ4v) is 6.86. The summed E-state index contributed by atoms with van der Waals surface area (Å²) in [5.74, 6) is 0. The predicted molar refractivity (Wildman–Crippen MR) is 79.3 cm³/mol. The van der Waals surface area contributed by atoms with Crippen molar-refractivity contribution >= 4 is 43.5 Å². The Hall–Kier alpha value is -0.271. The van der Waals surface area contributed by atoms with Crippen molar-refractivity contribution in [1.29, 1.82) is 0 Å². The number of nitrogens with zero attached hydrogens (tertiary/aromatic N) is 2. The molecule has 0 spiro atoms. The Morgan fingerprint density at radius 3 is 2.61 bits per heavy atom. The first-order valence-corrected chi connectivity index (χ1v) is 16.5. The SMILES string of the molecule is COCn1[c]([Sn]([CH3])([CH3])[CH3])cc2c(Br)ccn2c1=O. The average Bonchev–Trinajstić information content (AvgIpc) is 2.63. The molecule has 0 aliphatic heterocycles. The molecule has 0 bridgehead atoms. The summed E-state index contributed by atoms with van der Waals surface area (Å²) in [7, 11) is 1.62. The van der Waals surface area contributed by atoms with Crippen molar-refractivity contribution in [2.45, 2.75) is 21.5 Å². The molecular formula is C12H17BrN2O2Sn. The molecule has 4 nitrogen and oxygen atoms in total.